The average Bonchev–Trinajstić information content (AvgIpc) is 2.41. The van der Waals surface area contributed by atoms with Crippen molar-refractivity contribution in [1.82, 2.24) is 0 Å². The van der Waals surface area contributed by atoms with Crippen LogP contribution in [0.25, 0.3) is 0 Å². The number of hydrogen-bond donors (Lipinski definition) is 1. The normalized spacial score (nSPS) is 10.5. The summed E-state index contributed by atoms with van der Waals surface area (Å²) in [5.74, 6) is -1.22. The lowest BCUT2D eigenvalue weighted by Gasteiger charge is -2.09. The SMILES string of the molecule is Nc1cc(C(=O)OCc2ccc(Br)cc2Cl)c(Br)cc1F. The molecule has 0 unspecified atom stereocenters. The Balaban J connectivity index is 2.13. The summed E-state index contributed by atoms with van der Waals surface area (Å²) in [7, 11) is 0. The van der Waals surface area contributed by atoms with Crippen LogP contribution in [-0.2, 0) is 11.3 Å². The molecule has 0 atom stereocenters. The minimum atomic E-state index is -0.618. The van der Waals surface area contributed by atoms with Crippen molar-refractivity contribution in [3.63, 3.8) is 0 Å². The lowest BCUT2D eigenvalue weighted by molar-refractivity contribution is 0.0472. The van der Waals surface area contributed by atoms with Crippen LogP contribution in [0.1, 0.15) is 15.9 Å². The number of carbonyl (C=O) groups is 1. The summed E-state index contributed by atoms with van der Waals surface area (Å²) >= 11 is 12.4. The van der Waals surface area contributed by atoms with Crippen molar-refractivity contribution in [2.45, 2.75) is 6.61 Å². The van der Waals surface area contributed by atoms with Crippen LogP contribution in [0.3, 0.4) is 0 Å². The van der Waals surface area contributed by atoms with Crippen LogP contribution in [0.4, 0.5) is 10.1 Å². The number of rotatable bonds is 3. The van der Waals surface area contributed by atoms with E-state index in [1.54, 1.807) is 18.2 Å². The second-order valence-corrected chi connectivity index (χ2v) is 6.34. The highest BCUT2D eigenvalue weighted by atomic mass is 79.9. The summed E-state index contributed by atoms with van der Waals surface area (Å²) in [6.45, 7) is 0.00860. The Bertz CT molecular complexity index is 710. The molecule has 0 spiro atoms. The van der Waals surface area contributed by atoms with E-state index in [-0.39, 0.29) is 22.3 Å². The molecule has 110 valence electrons. The van der Waals surface area contributed by atoms with E-state index < -0.39 is 11.8 Å². The first-order valence-corrected chi connectivity index (χ1v) is 7.70. The average molecular weight is 437 g/mol. The molecular weight excluding hydrogens is 428 g/mol. The van der Waals surface area contributed by atoms with Crippen molar-refractivity contribution in [2.75, 3.05) is 5.73 Å². The second kappa shape index (κ2) is 6.77. The summed E-state index contributed by atoms with van der Waals surface area (Å²) < 4.78 is 19.5. The van der Waals surface area contributed by atoms with Crippen molar-refractivity contribution < 1.29 is 13.9 Å². The van der Waals surface area contributed by atoms with Gasteiger partial charge in [-0.3, -0.25) is 0 Å². The van der Waals surface area contributed by atoms with Crippen molar-refractivity contribution in [1.29, 1.82) is 0 Å². The lowest BCUT2D eigenvalue weighted by atomic mass is 10.2. The van der Waals surface area contributed by atoms with Crippen molar-refractivity contribution >= 4 is 55.1 Å². The first-order valence-electron chi connectivity index (χ1n) is 5.74. The maximum absolute atomic E-state index is 13.2. The van der Waals surface area contributed by atoms with E-state index >= 15 is 0 Å². The molecule has 0 fully saturated rings. The van der Waals surface area contributed by atoms with Crippen LogP contribution in [0.15, 0.2) is 39.3 Å². The Kier molecular flexibility index (Phi) is 5.24. The quantitative estimate of drug-likeness (QED) is 0.547. The maximum Gasteiger partial charge on any atom is 0.339 e. The molecule has 0 saturated carbocycles. The van der Waals surface area contributed by atoms with Gasteiger partial charge in [-0.25, -0.2) is 9.18 Å². The van der Waals surface area contributed by atoms with Crippen molar-refractivity contribution in [3.8, 4) is 0 Å². The fourth-order valence-electron chi connectivity index (χ4n) is 1.58. The van der Waals surface area contributed by atoms with Gasteiger partial charge in [0.2, 0.25) is 0 Å². The zero-order valence-corrected chi connectivity index (χ0v) is 14.4. The van der Waals surface area contributed by atoms with Gasteiger partial charge in [-0.2, -0.15) is 0 Å². The van der Waals surface area contributed by atoms with E-state index in [1.807, 2.05) is 0 Å². The Labute approximate surface area is 142 Å². The number of ether oxygens (including phenoxy) is 1. The summed E-state index contributed by atoms with van der Waals surface area (Å²) in [5.41, 5.74) is 6.15. The third-order valence-electron chi connectivity index (χ3n) is 2.68. The van der Waals surface area contributed by atoms with E-state index in [2.05, 4.69) is 31.9 Å². The summed E-state index contributed by atoms with van der Waals surface area (Å²) in [5, 5.41) is 0.481. The first kappa shape index (κ1) is 16.3. The molecule has 0 radical (unpaired) electrons. The van der Waals surface area contributed by atoms with E-state index in [1.165, 1.54) is 6.07 Å². The zero-order chi connectivity index (χ0) is 15.6. The minimum Gasteiger partial charge on any atom is -0.457 e. The Morgan fingerprint density at radius 2 is 2.00 bits per heavy atom. The largest absolute Gasteiger partial charge is 0.457 e. The van der Waals surface area contributed by atoms with E-state index in [4.69, 9.17) is 22.1 Å². The Hall–Kier alpha value is -1.11. The number of esters is 1. The smallest absolute Gasteiger partial charge is 0.339 e. The Morgan fingerprint density at radius 3 is 2.67 bits per heavy atom. The monoisotopic (exact) mass is 435 g/mol. The van der Waals surface area contributed by atoms with Crippen molar-refractivity contribution in [2.24, 2.45) is 0 Å². The molecule has 2 aromatic carbocycles. The van der Waals surface area contributed by atoms with Crippen LogP contribution in [0.2, 0.25) is 5.02 Å². The minimum absolute atomic E-state index is 0.00860. The van der Waals surface area contributed by atoms with Crippen molar-refractivity contribution in [3.05, 3.63) is 61.2 Å². The second-order valence-electron chi connectivity index (χ2n) is 4.17. The highest BCUT2D eigenvalue weighted by Crippen LogP contribution is 2.25. The topological polar surface area (TPSA) is 52.3 Å². The molecule has 0 saturated heterocycles. The van der Waals surface area contributed by atoms with Gasteiger partial charge in [0.05, 0.1) is 11.3 Å². The lowest BCUT2D eigenvalue weighted by Crippen LogP contribution is -2.08. The molecule has 0 aliphatic carbocycles. The number of hydrogen-bond acceptors (Lipinski definition) is 3. The standard InChI is InChI=1S/C14H9Br2ClFNO2/c15-8-2-1-7(11(17)3-8)6-21-14(20)9-4-13(19)12(18)5-10(9)16/h1-5H,6,19H2. The predicted octanol–water partition coefficient (Wildman–Crippen LogP) is 4.94. The number of anilines is 1. The molecule has 0 bridgehead atoms. The number of benzene rings is 2. The zero-order valence-electron chi connectivity index (χ0n) is 10.5. The molecule has 7 heteroatoms. The van der Waals surface area contributed by atoms with Gasteiger partial charge in [-0.05, 0) is 40.2 Å². The van der Waals surface area contributed by atoms with Gasteiger partial charge in [-0.1, -0.05) is 33.6 Å². The van der Waals surface area contributed by atoms with Crippen LogP contribution in [0.5, 0.6) is 0 Å². The van der Waals surface area contributed by atoms with Gasteiger partial charge in [-0.15, -0.1) is 0 Å². The molecule has 2 aromatic rings. The fraction of sp³-hybridized carbons (Fsp3) is 0.0714. The van der Waals surface area contributed by atoms with Gasteiger partial charge in [0, 0.05) is 19.5 Å². The number of nitrogen functional groups attached to an aromatic ring is 1. The van der Waals surface area contributed by atoms with E-state index in [0.29, 0.717) is 10.6 Å². The van der Waals surface area contributed by atoms with Crippen LogP contribution < -0.4 is 5.73 Å². The number of halogens is 4. The van der Waals surface area contributed by atoms with Crippen LogP contribution in [-0.4, -0.2) is 5.97 Å². The Morgan fingerprint density at radius 1 is 1.29 bits per heavy atom. The van der Waals surface area contributed by atoms with E-state index in [0.717, 1.165) is 10.5 Å². The molecule has 0 aliphatic heterocycles. The molecule has 0 heterocycles. The molecule has 3 nitrogen and oxygen atoms in total. The van der Waals surface area contributed by atoms with Crippen LogP contribution >= 0.6 is 43.5 Å². The fourth-order valence-corrected chi connectivity index (χ4v) is 2.79. The van der Waals surface area contributed by atoms with Gasteiger partial charge >= 0.3 is 5.97 Å². The molecule has 0 amide bonds. The molecule has 2 N–H and O–H groups in total. The molecule has 0 aliphatic rings. The third-order valence-corrected chi connectivity index (χ3v) is 4.18. The number of nitrogens with two attached hydrogens (primary N) is 1. The van der Waals surface area contributed by atoms with Gasteiger partial charge in [0.15, 0.2) is 0 Å². The first-order chi connectivity index (χ1) is 9.88. The van der Waals surface area contributed by atoms with E-state index in [9.17, 15) is 9.18 Å². The van der Waals surface area contributed by atoms with Gasteiger partial charge < -0.3 is 10.5 Å². The molecule has 21 heavy (non-hydrogen) atoms. The predicted molar refractivity (Wildman–Crippen MR) is 86.8 cm³/mol. The molecule has 2 rings (SSSR count). The van der Waals surface area contributed by atoms with Gasteiger partial charge in [0.25, 0.3) is 0 Å². The molecular formula is C14H9Br2ClFNO2. The summed E-state index contributed by atoms with van der Waals surface area (Å²) in [6.07, 6.45) is 0. The highest BCUT2D eigenvalue weighted by Gasteiger charge is 2.15. The molecule has 0 aromatic heterocycles. The van der Waals surface area contributed by atoms with Gasteiger partial charge in [0.1, 0.15) is 12.4 Å². The number of carbonyl (C=O) groups excluding carboxylic acids is 1. The van der Waals surface area contributed by atoms with Crippen LogP contribution in [0, 0.1) is 5.82 Å². The summed E-state index contributed by atoms with van der Waals surface area (Å²) in [4.78, 5) is 12.0. The summed E-state index contributed by atoms with van der Waals surface area (Å²) in [6, 6.07) is 7.59. The highest BCUT2D eigenvalue weighted by molar-refractivity contribution is 9.10. The maximum atomic E-state index is 13.2. The third kappa shape index (κ3) is 3.96.